The SMILES string of the molecule is O=C1CC(C(=O)N2CCN(Cc3cccnc3)CC2)CN1. The molecule has 2 saturated heterocycles. The Morgan fingerprint density at radius 3 is 2.76 bits per heavy atom. The zero-order chi connectivity index (χ0) is 14.7. The molecule has 3 rings (SSSR count). The first-order chi connectivity index (χ1) is 10.2. The molecule has 0 spiro atoms. The highest BCUT2D eigenvalue weighted by atomic mass is 16.2. The number of hydrogen-bond acceptors (Lipinski definition) is 4. The van der Waals surface area contributed by atoms with Crippen LogP contribution in [-0.4, -0.2) is 59.3 Å². The minimum absolute atomic E-state index is 0.0106. The molecule has 1 aromatic rings. The summed E-state index contributed by atoms with van der Waals surface area (Å²) >= 11 is 0. The van der Waals surface area contributed by atoms with Crippen molar-refractivity contribution in [3.8, 4) is 0 Å². The molecular formula is C15H20N4O2. The maximum absolute atomic E-state index is 12.3. The van der Waals surface area contributed by atoms with E-state index in [0.29, 0.717) is 13.0 Å². The standard InChI is InChI=1S/C15H20N4O2/c20-14-8-13(10-17-14)15(21)19-6-4-18(5-7-19)11-12-2-1-3-16-9-12/h1-3,9,13H,4-8,10-11H2,(H,17,20). The van der Waals surface area contributed by atoms with Gasteiger partial charge in [-0.25, -0.2) is 0 Å². The van der Waals surface area contributed by atoms with Gasteiger partial charge in [0.2, 0.25) is 11.8 Å². The highest BCUT2D eigenvalue weighted by molar-refractivity contribution is 5.89. The van der Waals surface area contributed by atoms with Crippen LogP contribution in [0.25, 0.3) is 0 Å². The molecule has 1 N–H and O–H groups in total. The maximum Gasteiger partial charge on any atom is 0.228 e. The molecule has 0 aromatic carbocycles. The van der Waals surface area contributed by atoms with Crippen LogP contribution in [0.5, 0.6) is 0 Å². The number of aromatic nitrogens is 1. The average Bonchev–Trinajstić information content (AvgIpc) is 2.95. The average molecular weight is 288 g/mol. The van der Waals surface area contributed by atoms with Gasteiger partial charge in [0.05, 0.1) is 5.92 Å². The molecule has 0 aliphatic carbocycles. The molecule has 21 heavy (non-hydrogen) atoms. The van der Waals surface area contributed by atoms with Gasteiger partial charge in [-0.1, -0.05) is 6.07 Å². The predicted octanol–water partition coefficient (Wildman–Crippen LogP) is -0.138. The van der Waals surface area contributed by atoms with Crippen LogP contribution in [0.3, 0.4) is 0 Å². The lowest BCUT2D eigenvalue weighted by molar-refractivity contribution is -0.137. The van der Waals surface area contributed by atoms with Gasteiger partial charge in [-0.3, -0.25) is 19.5 Å². The van der Waals surface area contributed by atoms with Crippen molar-refractivity contribution in [2.75, 3.05) is 32.7 Å². The van der Waals surface area contributed by atoms with E-state index in [2.05, 4.69) is 21.3 Å². The first-order valence-electron chi connectivity index (χ1n) is 7.39. The van der Waals surface area contributed by atoms with E-state index in [4.69, 9.17) is 0 Å². The lowest BCUT2D eigenvalue weighted by atomic mass is 10.1. The summed E-state index contributed by atoms with van der Waals surface area (Å²) in [6.45, 7) is 4.59. The van der Waals surface area contributed by atoms with Crippen molar-refractivity contribution in [1.82, 2.24) is 20.1 Å². The molecule has 6 nitrogen and oxygen atoms in total. The van der Waals surface area contributed by atoms with Gasteiger partial charge in [0.25, 0.3) is 0 Å². The van der Waals surface area contributed by atoms with Crippen molar-refractivity contribution in [2.45, 2.75) is 13.0 Å². The fourth-order valence-electron chi connectivity index (χ4n) is 2.91. The zero-order valence-corrected chi connectivity index (χ0v) is 12.0. The van der Waals surface area contributed by atoms with Crippen LogP contribution < -0.4 is 5.32 Å². The molecule has 6 heteroatoms. The summed E-state index contributed by atoms with van der Waals surface area (Å²) in [7, 11) is 0. The molecule has 112 valence electrons. The lowest BCUT2D eigenvalue weighted by Gasteiger charge is -2.35. The van der Waals surface area contributed by atoms with Crippen molar-refractivity contribution in [2.24, 2.45) is 5.92 Å². The molecule has 2 aliphatic heterocycles. The van der Waals surface area contributed by atoms with Gasteiger partial charge in [0, 0.05) is 58.1 Å². The fraction of sp³-hybridized carbons (Fsp3) is 0.533. The topological polar surface area (TPSA) is 65.5 Å². The summed E-state index contributed by atoms with van der Waals surface area (Å²) in [6.07, 6.45) is 4.00. The van der Waals surface area contributed by atoms with Gasteiger partial charge in [0.15, 0.2) is 0 Å². The molecule has 2 fully saturated rings. The summed E-state index contributed by atoms with van der Waals surface area (Å²) in [5.41, 5.74) is 1.20. The third-order valence-electron chi connectivity index (χ3n) is 4.14. The van der Waals surface area contributed by atoms with E-state index < -0.39 is 0 Å². The first-order valence-corrected chi connectivity index (χ1v) is 7.39. The number of pyridine rings is 1. The molecule has 1 aromatic heterocycles. The summed E-state index contributed by atoms with van der Waals surface area (Å²) < 4.78 is 0. The van der Waals surface area contributed by atoms with Crippen molar-refractivity contribution in [1.29, 1.82) is 0 Å². The normalized spacial score (nSPS) is 23.1. The second-order valence-electron chi connectivity index (χ2n) is 5.67. The quantitative estimate of drug-likeness (QED) is 0.841. The minimum Gasteiger partial charge on any atom is -0.355 e. The van der Waals surface area contributed by atoms with Crippen molar-refractivity contribution >= 4 is 11.8 Å². The van der Waals surface area contributed by atoms with Crippen LogP contribution in [0.15, 0.2) is 24.5 Å². The highest BCUT2D eigenvalue weighted by Crippen LogP contribution is 2.15. The van der Waals surface area contributed by atoms with E-state index in [1.807, 2.05) is 17.2 Å². The molecular weight excluding hydrogens is 268 g/mol. The Balaban J connectivity index is 1.49. The van der Waals surface area contributed by atoms with Crippen LogP contribution in [0.2, 0.25) is 0 Å². The third kappa shape index (κ3) is 3.39. The Labute approximate surface area is 124 Å². The van der Waals surface area contributed by atoms with E-state index in [1.165, 1.54) is 5.56 Å². The molecule has 1 unspecified atom stereocenters. The van der Waals surface area contributed by atoms with E-state index in [9.17, 15) is 9.59 Å². The molecule has 0 bridgehead atoms. The van der Waals surface area contributed by atoms with Crippen molar-refractivity contribution in [3.05, 3.63) is 30.1 Å². The Morgan fingerprint density at radius 1 is 1.33 bits per heavy atom. The van der Waals surface area contributed by atoms with E-state index in [1.54, 1.807) is 6.20 Å². The number of hydrogen-bond donors (Lipinski definition) is 1. The predicted molar refractivity (Wildman–Crippen MR) is 77.2 cm³/mol. The number of rotatable bonds is 3. The van der Waals surface area contributed by atoms with Crippen LogP contribution in [0.4, 0.5) is 0 Å². The van der Waals surface area contributed by atoms with Gasteiger partial charge >= 0.3 is 0 Å². The number of carbonyl (C=O) groups is 2. The van der Waals surface area contributed by atoms with Crippen LogP contribution >= 0.6 is 0 Å². The number of amides is 2. The second-order valence-corrected chi connectivity index (χ2v) is 5.67. The Bertz CT molecular complexity index is 512. The Kier molecular flexibility index (Phi) is 4.15. The highest BCUT2D eigenvalue weighted by Gasteiger charge is 2.32. The third-order valence-corrected chi connectivity index (χ3v) is 4.14. The largest absolute Gasteiger partial charge is 0.355 e. The molecule has 2 amide bonds. The van der Waals surface area contributed by atoms with Gasteiger partial charge in [-0.2, -0.15) is 0 Å². The second kappa shape index (κ2) is 6.22. The summed E-state index contributed by atoms with van der Waals surface area (Å²) in [5, 5.41) is 2.73. The van der Waals surface area contributed by atoms with E-state index in [0.717, 1.165) is 32.7 Å². The zero-order valence-electron chi connectivity index (χ0n) is 12.0. The number of carbonyl (C=O) groups excluding carboxylic acids is 2. The van der Waals surface area contributed by atoms with Gasteiger partial charge in [-0.05, 0) is 11.6 Å². The van der Waals surface area contributed by atoms with Gasteiger partial charge in [-0.15, -0.1) is 0 Å². The van der Waals surface area contributed by atoms with E-state index >= 15 is 0 Å². The smallest absolute Gasteiger partial charge is 0.228 e. The molecule has 0 saturated carbocycles. The molecule has 1 atom stereocenters. The summed E-state index contributed by atoms with van der Waals surface area (Å²) in [6, 6.07) is 4.01. The van der Waals surface area contributed by atoms with E-state index in [-0.39, 0.29) is 17.7 Å². The van der Waals surface area contributed by atoms with Crippen molar-refractivity contribution < 1.29 is 9.59 Å². The van der Waals surface area contributed by atoms with Crippen molar-refractivity contribution in [3.63, 3.8) is 0 Å². The maximum atomic E-state index is 12.3. The molecule has 3 heterocycles. The molecule has 0 radical (unpaired) electrons. The van der Waals surface area contributed by atoms with Gasteiger partial charge in [0.1, 0.15) is 0 Å². The van der Waals surface area contributed by atoms with Crippen LogP contribution in [0, 0.1) is 5.92 Å². The number of nitrogens with zero attached hydrogens (tertiary/aromatic N) is 3. The minimum atomic E-state index is -0.164. The summed E-state index contributed by atoms with van der Waals surface area (Å²) in [5.74, 6) is -0.0553. The van der Waals surface area contributed by atoms with Crippen LogP contribution in [0.1, 0.15) is 12.0 Å². The Hall–Kier alpha value is -1.95. The fourth-order valence-corrected chi connectivity index (χ4v) is 2.91. The molecule has 2 aliphatic rings. The first kappa shape index (κ1) is 14.0. The lowest BCUT2D eigenvalue weighted by Crippen LogP contribution is -2.50. The van der Waals surface area contributed by atoms with Gasteiger partial charge < -0.3 is 10.2 Å². The monoisotopic (exact) mass is 288 g/mol. The number of piperazine rings is 1. The Morgan fingerprint density at radius 2 is 2.14 bits per heavy atom. The summed E-state index contributed by atoms with van der Waals surface area (Å²) in [4.78, 5) is 31.9. The number of nitrogens with one attached hydrogen (secondary N) is 1. The van der Waals surface area contributed by atoms with Crippen LogP contribution in [-0.2, 0) is 16.1 Å².